The van der Waals surface area contributed by atoms with Crippen molar-refractivity contribution < 1.29 is 0 Å². The Morgan fingerprint density at radius 3 is 2.38 bits per heavy atom. The number of hydrogen-bond donors (Lipinski definition) is 0. The first-order valence-corrected chi connectivity index (χ1v) is 6.26. The van der Waals surface area contributed by atoms with Crippen LogP contribution >= 0.6 is 22.6 Å². The fourth-order valence-corrected chi connectivity index (χ4v) is 1.30. The average Bonchev–Trinajstić information content (AvgIpc) is 2.10. The Hall–Kier alpha value is 0.210. The van der Waals surface area contributed by atoms with Crippen LogP contribution in [-0.2, 0) is 0 Å². The lowest BCUT2D eigenvalue weighted by molar-refractivity contribution is 0.674. The second-order valence-electron chi connectivity index (χ2n) is 3.60. The number of rotatable bonds is 6. The van der Waals surface area contributed by atoms with Crippen molar-refractivity contribution in [1.82, 2.24) is 0 Å². The fraction of sp³-hybridized carbons (Fsp3) is 0.667. The molecule has 0 aromatic heterocycles. The lowest BCUT2D eigenvalue weighted by Gasteiger charge is -1.95. The molecule has 0 aliphatic rings. The summed E-state index contributed by atoms with van der Waals surface area (Å²) >= 11 is 2.39. The second-order valence-corrected chi connectivity index (χ2v) is 4.76. The molecule has 0 amide bonds. The summed E-state index contributed by atoms with van der Waals surface area (Å²) in [5, 5.41) is 0. The van der Waals surface area contributed by atoms with Gasteiger partial charge in [0.05, 0.1) is 0 Å². The first-order valence-electron chi connectivity index (χ1n) is 5.18. The van der Waals surface area contributed by atoms with Crippen LogP contribution < -0.4 is 0 Å². The molecular weight excluding hydrogens is 271 g/mol. The molecule has 1 heteroatoms. The zero-order valence-electron chi connectivity index (χ0n) is 9.07. The van der Waals surface area contributed by atoms with Crippen molar-refractivity contribution >= 4 is 22.6 Å². The average molecular weight is 292 g/mol. The van der Waals surface area contributed by atoms with Gasteiger partial charge in [-0.15, -0.1) is 0 Å². The zero-order chi connectivity index (χ0) is 10.1. The van der Waals surface area contributed by atoms with Crippen LogP contribution in [0, 0.1) is 0 Å². The van der Waals surface area contributed by atoms with Gasteiger partial charge in [0.25, 0.3) is 0 Å². The zero-order valence-corrected chi connectivity index (χ0v) is 11.2. The van der Waals surface area contributed by atoms with Crippen molar-refractivity contribution in [2.24, 2.45) is 0 Å². The molecule has 0 N–H and O–H groups in total. The van der Waals surface area contributed by atoms with Crippen molar-refractivity contribution in [2.45, 2.75) is 52.9 Å². The Morgan fingerprint density at radius 2 is 1.85 bits per heavy atom. The summed E-state index contributed by atoms with van der Waals surface area (Å²) < 4.78 is 1.38. The highest BCUT2D eigenvalue weighted by Gasteiger charge is 1.87. The first-order chi connectivity index (χ1) is 6.18. The van der Waals surface area contributed by atoms with Gasteiger partial charge in [0.15, 0.2) is 0 Å². The fourth-order valence-electron chi connectivity index (χ4n) is 1.04. The van der Waals surface area contributed by atoms with E-state index in [0.29, 0.717) is 0 Å². The van der Waals surface area contributed by atoms with Gasteiger partial charge in [-0.05, 0) is 49.3 Å². The number of unbranched alkanes of at least 4 members (excludes halogenated alkanes) is 4. The minimum absolute atomic E-state index is 1.24. The molecule has 0 fully saturated rings. The van der Waals surface area contributed by atoms with Crippen molar-refractivity contribution in [3.63, 3.8) is 0 Å². The van der Waals surface area contributed by atoms with Gasteiger partial charge in [-0.1, -0.05) is 43.9 Å². The van der Waals surface area contributed by atoms with E-state index in [9.17, 15) is 0 Å². The number of allylic oxidation sites excluding steroid dienone is 4. The molecule has 0 nitrogen and oxygen atoms in total. The third-order valence-electron chi connectivity index (χ3n) is 1.97. The van der Waals surface area contributed by atoms with Crippen LogP contribution in [0.1, 0.15) is 52.9 Å². The minimum Gasteiger partial charge on any atom is -0.0835 e. The number of hydrogen-bond acceptors (Lipinski definition) is 0. The topological polar surface area (TPSA) is 0 Å². The molecule has 13 heavy (non-hydrogen) atoms. The van der Waals surface area contributed by atoms with Crippen LogP contribution in [-0.4, -0.2) is 0 Å². The third kappa shape index (κ3) is 8.54. The predicted octanol–water partition coefficient (Wildman–Crippen LogP) is 5.24. The van der Waals surface area contributed by atoms with E-state index in [1.165, 1.54) is 41.3 Å². The predicted molar refractivity (Wildman–Crippen MR) is 70.3 cm³/mol. The lowest BCUT2D eigenvalue weighted by Crippen LogP contribution is -1.74. The van der Waals surface area contributed by atoms with E-state index >= 15 is 0 Å². The van der Waals surface area contributed by atoms with E-state index in [0.717, 1.165) is 0 Å². The van der Waals surface area contributed by atoms with E-state index in [1.54, 1.807) is 0 Å². The first kappa shape index (κ1) is 13.2. The highest BCUT2D eigenvalue weighted by atomic mass is 127. The van der Waals surface area contributed by atoms with E-state index in [1.807, 2.05) is 0 Å². The Balaban J connectivity index is 3.47. The van der Waals surface area contributed by atoms with Crippen molar-refractivity contribution in [3.05, 3.63) is 21.3 Å². The molecule has 0 bridgehead atoms. The molecule has 0 saturated heterocycles. The summed E-state index contributed by atoms with van der Waals surface area (Å²) in [5.41, 5.74) is 1.41. The minimum atomic E-state index is 1.24. The highest BCUT2D eigenvalue weighted by molar-refractivity contribution is 14.1. The Bertz CT molecular complexity index is 174. The standard InChI is InChI=1S/C12H21I/c1-4-5-6-7-8-9-10-12(13)11(2)3/h9-10H,4-8H2,1-3H3/b10-9+. The summed E-state index contributed by atoms with van der Waals surface area (Å²) in [7, 11) is 0. The van der Waals surface area contributed by atoms with Crippen LogP contribution in [0.5, 0.6) is 0 Å². The normalized spacial score (nSPS) is 10.8. The molecule has 0 aromatic rings. The van der Waals surface area contributed by atoms with Gasteiger partial charge in [0.2, 0.25) is 0 Å². The van der Waals surface area contributed by atoms with Gasteiger partial charge in [-0.2, -0.15) is 0 Å². The summed E-state index contributed by atoms with van der Waals surface area (Å²) in [6.07, 6.45) is 11.2. The molecule has 0 rings (SSSR count). The Morgan fingerprint density at radius 1 is 1.15 bits per heavy atom. The van der Waals surface area contributed by atoms with Crippen molar-refractivity contribution in [1.29, 1.82) is 0 Å². The van der Waals surface area contributed by atoms with Crippen LogP contribution in [0.4, 0.5) is 0 Å². The Kier molecular flexibility index (Phi) is 8.93. The molecule has 0 atom stereocenters. The SMILES string of the molecule is CCCCCC/C=C/C(I)=C(C)C. The van der Waals surface area contributed by atoms with Gasteiger partial charge in [-0.25, -0.2) is 0 Å². The van der Waals surface area contributed by atoms with Gasteiger partial charge in [-0.3, -0.25) is 0 Å². The van der Waals surface area contributed by atoms with Gasteiger partial charge in [0, 0.05) is 3.58 Å². The molecule has 76 valence electrons. The van der Waals surface area contributed by atoms with Crippen LogP contribution in [0.25, 0.3) is 0 Å². The molecular formula is C12H21I. The monoisotopic (exact) mass is 292 g/mol. The molecule has 0 radical (unpaired) electrons. The highest BCUT2D eigenvalue weighted by Crippen LogP contribution is 2.14. The summed E-state index contributed by atoms with van der Waals surface area (Å²) in [6, 6.07) is 0. The molecule has 0 unspecified atom stereocenters. The summed E-state index contributed by atoms with van der Waals surface area (Å²) in [4.78, 5) is 0. The maximum Gasteiger partial charge on any atom is 0.0113 e. The van der Waals surface area contributed by atoms with E-state index < -0.39 is 0 Å². The van der Waals surface area contributed by atoms with Crippen LogP contribution in [0.3, 0.4) is 0 Å². The van der Waals surface area contributed by atoms with Crippen LogP contribution in [0.2, 0.25) is 0 Å². The molecule has 0 aliphatic carbocycles. The maximum atomic E-state index is 2.39. The quantitative estimate of drug-likeness (QED) is 0.357. The largest absolute Gasteiger partial charge is 0.0835 e. The molecule has 0 aliphatic heterocycles. The maximum absolute atomic E-state index is 2.39. The van der Waals surface area contributed by atoms with Crippen molar-refractivity contribution in [2.75, 3.05) is 0 Å². The molecule has 0 heterocycles. The van der Waals surface area contributed by atoms with Gasteiger partial charge < -0.3 is 0 Å². The molecule has 0 spiro atoms. The molecule has 0 aromatic carbocycles. The summed E-state index contributed by atoms with van der Waals surface area (Å²) in [6.45, 7) is 6.56. The van der Waals surface area contributed by atoms with E-state index in [-0.39, 0.29) is 0 Å². The Labute approximate surface area is 96.6 Å². The van der Waals surface area contributed by atoms with Crippen LogP contribution in [0.15, 0.2) is 21.3 Å². The summed E-state index contributed by atoms with van der Waals surface area (Å²) in [5.74, 6) is 0. The van der Waals surface area contributed by atoms with E-state index in [2.05, 4.69) is 55.5 Å². The van der Waals surface area contributed by atoms with Crippen molar-refractivity contribution in [3.8, 4) is 0 Å². The smallest absolute Gasteiger partial charge is 0.0113 e. The second kappa shape index (κ2) is 8.79. The molecule has 0 saturated carbocycles. The van der Waals surface area contributed by atoms with Gasteiger partial charge in [0.1, 0.15) is 0 Å². The van der Waals surface area contributed by atoms with E-state index in [4.69, 9.17) is 0 Å². The van der Waals surface area contributed by atoms with Gasteiger partial charge >= 0.3 is 0 Å². The third-order valence-corrected chi connectivity index (χ3v) is 3.40. The number of halogens is 1. The lowest BCUT2D eigenvalue weighted by atomic mass is 10.1.